The molecule has 0 aliphatic carbocycles. The molecule has 2 nitrogen and oxygen atoms in total. The molecule has 64 valence electrons. The molecule has 0 saturated carbocycles. The summed E-state index contributed by atoms with van der Waals surface area (Å²) in [5.74, 6) is -0.859. The van der Waals surface area contributed by atoms with Crippen LogP contribution in [0.4, 0.5) is 0 Å². The van der Waals surface area contributed by atoms with Gasteiger partial charge in [-0.2, -0.15) is 0 Å². The summed E-state index contributed by atoms with van der Waals surface area (Å²) in [6, 6.07) is 5.42. The van der Waals surface area contributed by atoms with Gasteiger partial charge in [-0.3, -0.25) is 0 Å². The molecular weight excluding hydrogens is 267 g/mol. The first-order valence-corrected chi connectivity index (χ1v) is 4.74. The Kier molecular flexibility index (Phi) is 3.08. The number of hydrogen-bond acceptors (Lipinski definition) is 1. The fourth-order valence-corrected chi connectivity index (χ4v) is 1.76. The van der Waals surface area contributed by atoms with Crippen molar-refractivity contribution in [2.45, 2.75) is 13.3 Å². The fraction of sp³-hybridized carbons (Fsp3) is 0.222. The van der Waals surface area contributed by atoms with Crippen molar-refractivity contribution in [1.29, 1.82) is 0 Å². The highest BCUT2D eigenvalue weighted by Gasteiger charge is 2.06. The highest BCUT2D eigenvalue weighted by Crippen LogP contribution is 2.14. The van der Waals surface area contributed by atoms with Crippen molar-refractivity contribution >= 4 is 28.6 Å². The van der Waals surface area contributed by atoms with Gasteiger partial charge < -0.3 is 5.11 Å². The van der Waals surface area contributed by atoms with Crippen LogP contribution in [-0.2, 0) is 6.42 Å². The average molecular weight is 276 g/mol. The third-order valence-electron chi connectivity index (χ3n) is 1.67. The van der Waals surface area contributed by atoms with Crippen molar-refractivity contribution in [1.82, 2.24) is 0 Å². The van der Waals surface area contributed by atoms with E-state index < -0.39 is 5.97 Å². The molecule has 12 heavy (non-hydrogen) atoms. The van der Waals surface area contributed by atoms with Gasteiger partial charge >= 0.3 is 5.97 Å². The number of halogens is 1. The van der Waals surface area contributed by atoms with Gasteiger partial charge in [0.1, 0.15) is 0 Å². The molecule has 1 aromatic carbocycles. The van der Waals surface area contributed by atoms with E-state index in [4.69, 9.17) is 5.11 Å². The summed E-state index contributed by atoms with van der Waals surface area (Å²) >= 11 is 2.04. The Labute approximate surface area is 84.7 Å². The van der Waals surface area contributed by atoms with E-state index in [-0.39, 0.29) is 0 Å². The van der Waals surface area contributed by atoms with Gasteiger partial charge in [-0.15, -0.1) is 0 Å². The largest absolute Gasteiger partial charge is 0.478 e. The molecule has 0 aliphatic rings. The molecule has 0 fully saturated rings. The minimum atomic E-state index is -0.859. The van der Waals surface area contributed by atoms with Crippen LogP contribution < -0.4 is 0 Å². The Balaban J connectivity index is 3.12. The molecule has 0 radical (unpaired) electrons. The molecule has 0 unspecified atom stereocenters. The van der Waals surface area contributed by atoms with Crippen LogP contribution in [0.2, 0.25) is 0 Å². The highest BCUT2D eigenvalue weighted by atomic mass is 127. The molecule has 0 aromatic heterocycles. The van der Waals surface area contributed by atoms with Crippen molar-refractivity contribution in [2.24, 2.45) is 0 Å². The lowest BCUT2D eigenvalue weighted by molar-refractivity contribution is 0.0695. The van der Waals surface area contributed by atoms with Crippen molar-refractivity contribution in [2.75, 3.05) is 0 Å². The van der Waals surface area contributed by atoms with E-state index >= 15 is 0 Å². The second kappa shape index (κ2) is 3.89. The molecule has 0 bridgehead atoms. The maximum absolute atomic E-state index is 10.6. The van der Waals surface area contributed by atoms with E-state index in [2.05, 4.69) is 0 Å². The van der Waals surface area contributed by atoms with E-state index in [1.54, 1.807) is 6.07 Å². The summed E-state index contributed by atoms with van der Waals surface area (Å²) in [5, 5.41) is 8.72. The smallest absolute Gasteiger partial charge is 0.336 e. The Hall–Kier alpha value is -0.580. The number of carboxylic acid groups (broad SMARTS) is 1. The Morgan fingerprint density at radius 2 is 2.25 bits per heavy atom. The quantitative estimate of drug-likeness (QED) is 0.843. The number of aromatic carboxylic acids is 1. The van der Waals surface area contributed by atoms with Crippen LogP contribution >= 0.6 is 22.6 Å². The lowest BCUT2D eigenvalue weighted by Crippen LogP contribution is -1.99. The van der Waals surface area contributed by atoms with Gasteiger partial charge in [-0.05, 0) is 46.7 Å². The number of carboxylic acids is 1. The molecule has 3 heteroatoms. The Morgan fingerprint density at radius 1 is 1.58 bits per heavy atom. The number of rotatable bonds is 2. The second-order valence-electron chi connectivity index (χ2n) is 2.47. The zero-order valence-corrected chi connectivity index (χ0v) is 8.83. The van der Waals surface area contributed by atoms with Crippen LogP contribution in [0.15, 0.2) is 18.2 Å². The van der Waals surface area contributed by atoms with Crippen LogP contribution in [0.3, 0.4) is 0 Å². The maximum atomic E-state index is 10.6. The molecule has 0 atom stereocenters. The third kappa shape index (κ3) is 1.97. The lowest BCUT2D eigenvalue weighted by atomic mass is 10.1. The fourth-order valence-electron chi connectivity index (χ4n) is 0.952. The van der Waals surface area contributed by atoms with Crippen LogP contribution in [-0.4, -0.2) is 11.1 Å². The van der Waals surface area contributed by atoms with Gasteiger partial charge in [-0.1, -0.05) is 13.0 Å². The predicted molar refractivity (Wildman–Crippen MR) is 55.5 cm³/mol. The molecule has 0 amide bonds. The first kappa shape index (κ1) is 9.51. The van der Waals surface area contributed by atoms with Gasteiger partial charge in [0.05, 0.1) is 5.56 Å². The summed E-state index contributed by atoms with van der Waals surface area (Å²) in [6.45, 7) is 2.05. The molecule has 1 aromatic rings. The number of benzene rings is 1. The minimum absolute atomic E-state index is 0.382. The molecular formula is C9H9IO2. The molecule has 0 saturated heterocycles. The SMILES string of the molecule is CCc1ccc(C(=O)O)c(I)c1. The first-order valence-electron chi connectivity index (χ1n) is 3.67. The van der Waals surface area contributed by atoms with Crippen LogP contribution in [0, 0.1) is 3.57 Å². The highest BCUT2D eigenvalue weighted by molar-refractivity contribution is 14.1. The summed E-state index contributed by atoms with van der Waals surface area (Å²) in [7, 11) is 0. The summed E-state index contributed by atoms with van der Waals surface area (Å²) in [6.07, 6.45) is 0.940. The topological polar surface area (TPSA) is 37.3 Å². The zero-order valence-electron chi connectivity index (χ0n) is 6.67. The van der Waals surface area contributed by atoms with Gasteiger partial charge in [-0.25, -0.2) is 4.79 Å². The van der Waals surface area contributed by atoms with E-state index in [1.807, 2.05) is 41.6 Å². The Morgan fingerprint density at radius 3 is 2.67 bits per heavy atom. The second-order valence-corrected chi connectivity index (χ2v) is 3.64. The van der Waals surface area contributed by atoms with Crippen molar-refractivity contribution in [3.63, 3.8) is 0 Å². The molecule has 0 spiro atoms. The zero-order chi connectivity index (χ0) is 9.14. The van der Waals surface area contributed by atoms with Crippen molar-refractivity contribution in [3.8, 4) is 0 Å². The predicted octanol–water partition coefficient (Wildman–Crippen LogP) is 2.55. The summed E-state index contributed by atoms with van der Waals surface area (Å²) in [4.78, 5) is 10.6. The van der Waals surface area contributed by atoms with Crippen LogP contribution in [0.25, 0.3) is 0 Å². The van der Waals surface area contributed by atoms with Crippen molar-refractivity contribution < 1.29 is 9.90 Å². The standard InChI is InChI=1S/C9H9IO2/c1-2-6-3-4-7(9(11)12)8(10)5-6/h3-5H,2H2,1H3,(H,11,12). The average Bonchev–Trinajstić information content (AvgIpc) is 2.03. The summed E-state index contributed by atoms with van der Waals surface area (Å²) in [5.41, 5.74) is 1.55. The van der Waals surface area contributed by atoms with Crippen LogP contribution in [0.5, 0.6) is 0 Å². The maximum Gasteiger partial charge on any atom is 0.336 e. The van der Waals surface area contributed by atoms with Gasteiger partial charge in [0, 0.05) is 3.57 Å². The van der Waals surface area contributed by atoms with E-state index in [9.17, 15) is 4.79 Å². The minimum Gasteiger partial charge on any atom is -0.478 e. The molecule has 1 rings (SSSR count). The molecule has 0 aliphatic heterocycles. The van der Waals surface area contributed by atoms with E-state index in [0.717, 1.165) is 9.99 Å². The summed E-state index contributed by atoms with van der Waals surface area (Å²) < 4.78 is 0.805. The monoisotopic (exact) mass is 276 g/mol. The third-order valence-corrected chi connectivity index (χ3v) is 2.56. The Bertz CT molecular complexity index is 307. The van der Waals surface area contributed by atoms with Crippen LogP contribution in [0.1, 0.15) is 22.8 Å². The van der Waals surface area contributed by atoms with Gasteiger partial charge in [0.15, 0.2) is 0 Å². The molecule has 0 heterocycles. The lowest BCUT2D eigenvalue weighted by Gasteiger charge is -2.00. The van der Waals surface area contributed by atoms with Gasteiger partial charge in [0.25, 0.3) is 0 Å². The van der Waals surface area contributed by atoms with E-state index in [1.165, 1.54) is 5.56 Å². The van der Waals surface area contributed by atoms with E-state index in [0.29, 0.717) is 5.56 Å². The normalized spacial score (nSPS) is 9.83. The number of hydrogen-bond donors (Lipinski definition) is 1. The number of aryl methyl sites for hydroxylation is 1. The number of carbonyl (C=O) groups is 1. The molecule has 1 N–H and O–H groups in total. The van der Waals surface area contributed by atoms with Crippen molar-refractivity contribution in [3.05, 3.63) is 32.9 Å². The van der Waals surface area contributed by atoms with Gasteiger partial charge in [0.2, 0.25) is 0 Å². The first-order chi connectivity index (χ1) is 5.65.